The summed E-state index contributed by atoms with van der Waals surface area (Å²) in [7, 11) is 3.29. The number of hydrazine groups is 1. The van der Waals surface area contributed by atoms with E-state index in [4.69, 9.17) is 19.2 Å². The molecule has 2 bridgehead atoms. The van der Waals surface area contributed by atoms with Crippen molar-refractivity contribution in [1.29, 1.82) is 0 Å². The standard InChI is InChI=1S/C31H32N4O5/c1-38-21-8-4-19(5-9-21)32-30(33-20-6-10-22(39-2)11-7-20)34-35-16-15-31-23-12-14-26(37)29(31)40-28-25(36)13-3-18(27(28)31)17-24(23)35/h3-14,23-24,26,29,36-37H,15-17H2,1-2H3,(H2,32,33,34)/t23-,24+,26-,29-,31-/m0/s1. The zero-order chi connectivity index (χ0) is 27.4. The smallest absolute Gasteiger partial charge is 0.215 e. The summed E-state index contributed by atoms with van der Waals surface area (Å²) in [5, 5.41) is 27.2. The Bertz CT molecular complexity index is 1490. The van der Waals surface area contributed by atoms with E-state index in [1.54, 1.807) is 20.3 Å². The molecule has 3 aromatic rings. The van der Waals surface area contributed by atoms with Crippen LogP contribution in [0.4, 0.5) is 11.4 Å². The van der Waals surface area contributed by atoms with Gasteiger partial charge in [-0.3, -0.25) is 5.43 Å². The van der Waals surface area contributed by atoms with Gasteiger partial charge >= 0.3 is 0 Å². The second-order valence-corrected chi connectivity index (χ2v) is 10.8. The molecule has 3 aromatic carbocycles. The lowest BCUT2D eigenvalue weighted by Gasteiger charge is -2.57. The van der Waals surface area contributed by atoms with Crippen molar-refractivity contribution in [1.82, 2.24) is 10.4 Å². The number of hydrogen-bond acceptors (Lipinski definition) is 7. The number of piperidine rings is 1. The average Bonchev–Trinajstić information content (AvgIpc) is 3.33. The number of aliphatic hydroxyl groups excluding tert-OH is 1. The van der Waals surface area contributed by atoms with Gasteiger partial charge in [-0.25, -0.2) is 10.0 Å². The molecule has 1 fully saturated rings. The number of aliphatic hydroxyl groups is 1. The number of nitrogens with one attached hydrogen (secondary N) is 2. The van der Waals surface area contributed by atoms with Crippen LogP contribution in [0.5, 0.6) is 23.0 Å². The lowest BCUT2D eigenvalue weighted by atomic mass is 9.53. The van der Waals surface area contributed by atoms with Gasteiger partial charge in [0.2, 0.25) is 5.96 Å². The van der Waals surface area contributed by atoms with Crippen LogP contribution in [0.2, 0.25) is 0 Å². The highest BCUT2D eigenvalue weighted by Gasteiger charge is 2.64. The van der Waals surface area contributed by atoms with Crippen LogP contribution in [0.3, 0.4) is 0 Å². The van der Waals surface area contributed by atoms with Crippen LogP contribution < -0.4 is 25.0 Å². The van der Waals surface area contributed by atoms with E-state index in [-0.39, 0.29) is 23.1 Å². The number of nitrogens with zero attached hydrogens (tertiary/aromatic N) is 2. The number of phenols is 1. The zero-order valence-electron chi connectivity index (χ0n) is 22.4. The van der Waals surface area contributed by atoms with E-state index in [1.807, 2.05) is 60.7 Å². The van der Waals surface area contributed by atoms with E-state index in [1.165, 1.54) is 0 Å². The third kappa shape index (κ3) is 3.80. The maximum Gasteiger partial charge on any atom is 0.215 e. The van der Waals surface area contributed by atoms with Gasteiger partial charge in [-0.05, 0) is 73.0 Å². The first kappa shape index (κ1) is 24.8. The Hall–Kier alpha value is -4.21. The predicted molar refractivity (Wildman–Crippen MR) is 151 cm³/mol. The van der Waals surface area contributed by atoms with Crippen LogP contribution in [0.15, 0.2) is 77.8 Å². The van der Waals surface area contributed by atoms with Gasteiger partial charge in [0, 0.05) is 35.2 Å². The van der Waals surface area contributed by atoms with Crippen LogP contribution in [0, 0.1) is 5.92 Å². The van der Waals surface area contributed by atoms with Gasteiger partial charge in [0.05, 0.1) is 19.9 Å². The van der Waals surface area contributed by atoms with Crippen LogP contribution in [0.1, 0.15) is 17.5 Å². The van der Waals surface area contributed by atoms with Gasteiger partial charge in [-0.2, -0.15) is 0 Å². The number of anilines is 1. The van der Waals surface area contributed by atoms with Crippen LogP contribution >= 0.6 is 0 Å². The molecular formula is C31H32N4O5. The molecule has 2 aliphatic heterocycles. The molecule has 0 unspecified atom stereocenters. The van der Waals surface area contributed by atoms with Crippen molar-refractivity contribution >= 4 is 17.3 Å². The summed E-state index contributed by atoms with van der Waals surface area (Å²) >= 11 is 0. The summed E-state index contributed by atoms with van der Waals surface area (Å²) in [6, 6.07) is 19.1. The number of guanidine groups is 1. The number of ether oxygens (including phenoxy) is 3. The first-order valence-corrected chi connectivity index (χ1v) is 13.6. The SMILES string of the molecule is COc1ccc(N=C(Nc2ccc(OC)cc2)NN2CC[C@]34c5c6ccc(O)c5O[C@H]3[C@@H](O)C=C[C@H]4[C@H]2C6)cc1. The Morgan fingerprint density at radius 3 is 2.45 bits per heavy atom. The minimum atomic E-state index is -0.724. The average molecular weight is 541 g/mol. The van der Waals surface area contributed by atoms with Gasteiger partial charge in [-0.15, -0.1) is 0 Å². The summed E-state index contributed by atoms with van der Waals surface area (Å²) in [4.78, 5) is 4.92. The van der Waals surface area contributed by atoms with E-state index in [2.05, 4.69) is 21.8 Å². The molecule has 1 saturated heterocycles. The largest absolute Gasteiger partial charge is 0.504 e. The van der Waals surface area contributed by atoms with Gasteiger partial charge in [0.1, 0.15) is 23.7 Å². The van der Waals surface area contributed by atoms with Crippen molar-refractivity contribution in [3.63, 3.8) is 0 Å². The van der Waals surface area contributed by atoms with Gasteiger partial charge < -0.3 is 29.7 Å². The topological polar surface area (TPSA) is 108 Å². The summed E-state index contributed by atoms with van der Waals surface area (Å²) in [5.74, 6) is 2.91. The minimum Gasteiger partial charge on any atom is -0.504 e. The fourth-order valence-corrected chi connectivity index (χ4v) is 7.01. The quantitative estimate of drug-likeness (QED) is 0.219. The van der Waals surface area contributed by atoms with Crippen molar-refractivity contribution in [3.05, 3.63) is 83.9 Å². The Balaban J connectivity index is 1.24. The Morgan fingerprint density at radius 2 is 1.73 bits per heavy atom. The number of aromatic hydroxyl groups is 1. The van der Waals surface area contributed by atoms with E-state index < -0.39 is 12.2 Å². The molecule has 7 rings (SSSR count). The van der Waals surface area contributed by atoms with Crippen LogP contribution in [-0.2, 0) is 11.8 Å². The highest BCUT2D eigenvalue weighted by Crippen LogP contribution is 2.62. The number of rotatable bonds is 5. The monoisotopic (exact) mass is 540 g/mol. The molecule has 9 heteroatoms. The third-order valence-electron chi connectivity index (χ3n) is 8.79. The highest BCUT2D eigenvalue weighted by atomic mass is 16.5. The fourth-order valence-electron chi connectivity index (χ4n) is 7.01. The lowest BCUT2D eigenvalue weighted by Crippen LogP contribution is -2.68. The van der Waals surface area contributed by atoms with Crippen molar-refractivity contribution in [3.8, 4) is 23.0 Å². The van der Waals surface area contributed by atoms with Crippen molar-refractivity contribution in [2.45, 2.75) is 36.5 Å². The number of hydrogen-bond donors (Lipinski definition) is 4. The van der Waals surface area contributed by atoms with Crippen molar-refractivity contribution in [2.75, 3.05) is 26.1 Å². The molecule has 9 nitrogen and oxygen atoms in total. The molecule has 0 saturated carbocycles. The first-order valence-electron chi connectivity index (χ1n) is 13.6. The third-order valence-corrected chi connectivity index (χ3v) is 8.79. The number of benzene rings is 3. The Kier molecular flexibility index (Phi) is 5.87. The van der Waals surface area contributed by atoms with Gasteiger partial charge in [0.15, 0.2) is 11.5 Å². The summed E-state index contributed by atoms with van der Waals surface area (Å²) < 4.78 is 16.9. The molecule has 206 valence electrons. The van der Waals surface area contributed by atoms with E-state index >= 15 is 0 Å². The van der Waals surface area contributed by atoms with Gasteiger partial charge in [0.25, 0.3) is 0 Å². The maximum absolute atomic E-state index is 10.9. The molecule has 40 heavy (non-hydrogen) atoms. The summed E-state index contributed by atoms with van der Waals surface area (Å²) in [5.41, 5.74) is 7.10. The molecular weight excluding hydrogens is 508 g/mol. The van der Waals surface area contributed by atoms with Gasteiger partial charge in [-0.1, -0.05) is 18.2 Å². The molecule has 0 amide bonds. The van der Waals surface area contributed by atoms with E-state index in [0.717, 1.165) is 46.8 Å². The normalized spacial score (nSPS) is 27.9. The van der Waals surface area contributed by atoms with E-state index in [0.29, 0.717) is 18.3 Å². The summed E-state index contributed by atoms with van der Waals surface area (Å²) in [6.07, 6.45) is 4.38. The molecule has 0 radical (unpaired) electrons. The molecule has 0 aromatic heterocycles. The van der Waals surface area contributed by atoms with Crippen LogP contribution in [-0.4, -0.2) is 60.2 Å². The number of aliphatic imine (C=N–C) groups is 1. The second kappa shape index (κ2) is 9.46. The lowest BCUT2D eigenvalue weighted by molar-refractivity contribution is -0.0592. The minimum absolute atomic E-state index is 0.0883. The first-order chi connectivity index (χ1) is 19.5. The fraction of sp³-hybridized carbons (Fsp3) is 0.323. The molecule has 2 heterocycles. The van der Waals surface area contributed by atoms with Crippen LogP contribution in [0.25, 0.3) is 0 Å². The molecule has 4 aliphatic rings. The Labute approximate surface area is 232 Å². The van der Waals surface area contributed by atoms with Crippen molar-refractivity contribution < 1.29 is 24.4 Å². The number of phenolic OH excluding ortho intramolecular Hbond substituents is 1. The number of methoxy groups -OCH3 is 2. The second-order valence-electron chi connectivity index (χ2n) is 10.8. The highest BCUT2D eigenvalue weighted by molar-refractivity contribution is 5.95. The molecule has 4 N–H and O–H groups in total. The van der Waals surface area contributed by atoms with E-state index in [9.17, 15) is 10.2 Å². The maximum atomic E-state index is 10.9. The molecule has 1 spiro atoms. The molecule has 2 aliphatic carbocycles. The zero-order valence-corrected chi connectivity index (χ0v) is 22.4. The summed E-state index contributed by atoms with van der Waals surface area (Å²) in [6.45, 7) is 0.710. The Morgan fingerprint density at radius 1 is 1.00 bits per heavy atom. The van der Waals surface area contributed by atoms with Crippen molar-refractivity contribution in [2.24, 2.45) is 10.9 Å². The molecule has 5 atom stereocenters. The predicted octanol–water partition coefficient (Wildman–Crippen LogP) is 3.89.